The first-order valence-corrected chi connectivity index (χ1v) is 6.87. The minimum Gasteiger partial charge on any atom is -0.497 e. The first-order chi connectivity index (χ1) is 11.1. The summed E-state index contributed by atoms with van der Waals surface area (Å²) in [6.45, 7) is 0.462. The lowest BCUT2D eigenvalue weighted by Gasteiger charge is -2.07. The quantitative estimate of drug-likeness (QED) is 0.488. The van der Waals surface area contributed by atoms with Crippen LogP contribution >= 0.6 is 0 Å². The number of aliphatic imine (C=N–C) groups is 1. The highest BCUT2D eigenvalue weighted by molar-refractivity contribution is 5.92. The normalized spacial score (nSPS) is 11.2. The van der Waals surface area contributed by atoms with Crippen LogP contribution in [0.15, 0.2) is 47.5 Å². The van der Waals surface area contributed by atoms with Crippen LogP contribution in [0.4, 0.5) is 14.5 Å². The smallest absolute Gasteiger partial charge is 0.193 e. The molecule has 0 radical (unpaired) electrons. The second-order valence-electron chi connectivity index (χ2n) is 4.54. The van der Waals surface area contributed by atoms with Crippen molar-refractivity contribution in [3.8, 4) is 11.5 Å². The van der Waals surface area contributed by atoms with Crippen molar-refractivity contribution in [2.24, 2.45) is 10.7 Å². The highest BCUT2D eigenvalue weighted by Gasteiger charge is 2.03. The maximum Gasteiger partial charge on any atom is 0.193 e. The van der Waals surface area contributed by atoms with E-state index in [4.69, 9.17) is 15.2 Å². The molecule has 0 aromatic heterocycles. The molecule has 2 aromatic rings. The Kier molecular flexibility index (Phi) is 5.74. The molecule has 0 atom stereocenters. The predicted octanol–water partition coefficient (Wildman–Crippen LogP) is 2.78. The Morgan fingerprint density at radius 2 is 1.78 bits per heavy atom. The summed E-state index contributed by atoms with van der Waals surface area (Å²) >= 11 is 0. The number of hydrogen-bond acceptors (Lipinski definition) is 3. The fraction of sp³-hybridized carbons (Fsp3) is 0.188. The summed E-state index contributed by atoms with van der Waals surface area (Å²) in [6, 6.07) is 10.5. The lowest BCUT2D eigenvalue weighted by molar-refractivity contribution is 0.325. The first-order valence-electron chi connectivity index (χ1n) is 6.87. The zero-order valence-corrected chi connectivity index (χ0v) is 12.6. The molecule has 0 aliphatic heterocycles. The van der Waals surface area contributed by atoms with E-state index < -0.39 is 11.6 Å². The molecule has 0 saturated heterocycles. The fourth-order valence-corrected chi connectivity index (χ4v) is 1.76. The number of hydrogen-bond donors (Lipinski definition) is 2. The molecular formula is C16H17F2N3O2. The zero-order valence-electron chi connectivity index (χ0n) is 12.6. The first kappa shape index (κ1) is 16.5. The van der Waals surface area contributed by atoms with E-state index in [9.17, 15) is 8.78 Å². The second-order valence-corrected chi connectivity index (χ2v) is 4.54. The van der Waals surface area contributed by atoms with Crippen LogP contribution in [-0.4, -0.2) is 26.2 Å². The Balaban J connectivity index is 1.78. The van der Waals surface area contributed by atoms with Gasteiger partial charge in [-0.05, 0) is 36.4 Å². The molecule has 23 heavy (non-hydrogen) atoms. The molecule has 7 heteroatoms. The minimum absolute atomic E-state index is 0.191. The summed E-state index contributed by atoms with van der Waals surface area (Å²) in [7, 11) is 1.59. The molecule has 0 fully saturated rings. The standard InChI is InChI=1S/C16H17F2N3O2/c1-22-12-4-2-11(3-5-12)21-16(19)20-8-9-23-13-6-7-14(17)15(18)10-13/h2-7,10H,8-9H2,1H3,(H3,19,20,21). The predicted molar refractivity (Wildman–Crippen MR) is 85.0 cm³/mol. The highest BCUT2D eigenvalue weighted by Crippen LogP contribution is 2.15. The SMILES string of the molecule is COc1ccc(NC(N)=NCCOc2ccc(F)c(F)c2)cc1. The third kappa shape index (κ3) is 5.14. The van der Waals surface area contributed by atoms with Crippen molar-refractivity contribution in [3.63, 3.8) is 0 Å². The number of nitrogens with zero attached hydrogens (tertiary/aromatic N) is 1. The van der Waals surface area contributed by atoms with Crippen LogP contribution in [0.25, 0.3) is 0 Å². The van der Waals surface area contributed by atoms with Crippen molar-refractivity contribution in [3.05, 3.63) is 54.1 Å². The third-order valence-corrected chi connectivity index (χ3v) is 2.90. The van der Waals surface area contributed by atoms with E-state index >= 15 is 0 Å². The summed E-state index contributed by atoms with van der Waals surface area (Å²) in [5.41, 5.74) is 6.51. The lowest BCUT2D eigenvalue weighted by Crippen LogP contribution is -2.23. The van der Waals surface area contributed by atoms with E-state index in [0.29, 0.717) is 0 Å². The van der Waals surface area contributed by atoms with E-state index in [2.05, 4.69) is 10.3 Å². The van der Waals surface area contributed by atoms with Gasteiger partial charge in [0.15, 0.2) is 17.6 Å². The third-order valence-electron chi connectivity index (χ3n) is 2.90. The van der Waals surface area contributed by atoms with Gasteiger partial charge in [-0.3, -0.25) is 0 Å². The highest BCUT2D eigenvalue weighted by atomic mass is 19.2. The van der Waals surface area contributed by atoms with Crippen molar-refractivity contribution < 1.29 is 18.3 Å². The molecule has 2 rings (SSSR count). The zero-order chi connectivity index (χ0) is 16.7. The van der Waals surface area contributed by atoms with Gasteiger partial charge in [0, 0.05) is 11.8 Å². The molecule has 3 N–H and O–H groups in total. The monoisotopic (exact) mass is 321 g/mol. The van der Waals surface area contributed by atoms with E-state index in [0.717, 1.165) is 23.6 Å². The summed E-state index contributed by atoms with van der Waals surface area (Å²) in [5.74, 6) is -0.661. The Hall–Kier alpha value is -2.83. The molecule has 0 aliphatic rings. The van der Waals surface area contributed by atoms with Gasteiger partial charge in [-0.2, -0.15) is 0 Å². The number of rotatable bonds is 6. The van der Waals surface area contributed by atoms with Gasteiger partial charge in [-0.15, -0.1) is 0 Å². The molecule has 0 saturated carbocycles. The topological polar surface area (TPSA) is 68.9 Å². The molecular weight excluding hydrogens is 304 g/mol. The number of ether oxygens (including phenoxy) is 2. The summed E-state index contributed by atoms with van der Waals surface area (Å²) in [6.07, 6.45) is 0. The Bertz CT molecular complexity index is 676. The summed E-state index contributed by atoms with van der Waals surface area (Å²) in [5, 5.41) is 2.92. The van der Waals surface area contributed by atoms with Crippen LogP contribution in [-0.2, 0) is 0 Å². The number of benzene rings is 2. The second kappa shape index (κ2) is 7.98. The molecule has 0 unspecified atom stereocenters. The van der Waals surface area contributed by atoms with Crippen molar-refractivity contribution in [1.29, 1.82) is 0 Å². The molecule has 0 bridgehead atoms. The lowest BCUT2D eigenvalue weighted by atomic mass is 10.3. The molecule has 122 valence electrons. The van der Waals surface area contributed by atoms with Gasteiger partial charge in [0.05, 0.1) is 13.7 Å². The van der Waals surface area contributed by atoms with Gasteiger partial charge in [0.1, 0.15) is 18.1 Å². The van der Waals surface area contributed by atoms with Crippen LogP contribution in [0.5, 0.6) is 11.5 Å². The van der Waals surface area contributed by atoms with Crippen LogP contribution in [0.2, 0.25) is 0 Å². The van der Waals surface area contributed by atoms with Gasteiger partial charge in [0.2, 0.25) is 0 Å². The van der Waals surface area contributed by atoms with Crippen molar-refractivity contribution in [2.75, 3.05) is 25.6 Å². The summed E-state index contributed by atoms with van der Waals surface area (Å²) < 4.78 is 36.1. The van der Waals surface area contributed by atoms with E-state index in [-0.39, 0.29) is 24.9 Å². The van der Waals surface area contributed by atoms with Gasteiger partial charge in [-0.25, -0.2) is 13.8 Å². The van der Waals surface area contributed by atoms with Crippen LogP contribution in [0, 0.1) is 11.6 Å². The number of methoxy groups -OCH3 is 1. The fourth-order valence-electron chi connectivity index (χ4n) is 1.76. The Labute approximate surface area is 132 Å². The van der Waals surface area contributed by atoms with Crippen molar-refractivity contribution in [2.45, 2.75) is 0 Å². The minimum atomic E-state index is -0.952. The van der Waals surface area contributed by atoms with E-state index in [1.165, 1.54) is 6.07 Å². The van der Waals surface area contributed by atoms with Crippen molar-refractivity contribution >= 4 is 11.6 Å². The summed E-state index contributed by atoms with van der Waals surface area (Å²) in [4.78, 5) is 4.08. The van der Waals surface area contributed by atoms with E-state index in [1.54, 1.807) is 31.4 Å². The number of nitrogens with one attached hydrogen (secondary N) is 1. The van der Waals surface area contributed by atoms with Crippen molar-refractivity contribution in [1.82, 2.24) is 0 Å². The van der Waals surface area contributed by atoms with Crippen LogP contribution < -0.4 is 20.5 Å². The van der Waals surface area contributed by atoms with Crippen LogP contribution in [0.1, 0.15) is 0 Å². The Morgan fingerprint density at radius 1 is 1.09 bits per heavy atom. The largest absolute Gasteiger partial charge is 0.497 e. The molecule has 0 heterocycles. The van der Waals surface area contributed by atoms with Gasteiger partial charge in [-0.1, -0.05) is 0 Å². The number of guanidine groups is 1. The maximum atomic E-state index is 13.0. The number of anilines is 1. The number of halogens is 2. The molecule has 5 nitrogen and oxygen atoms in total. The van der Waals surface area contributed by atoms with Gasteiger partial charge >= 0.3 is 0 Å². The molecule has 0 aliphatic carbocycles. The van der Waals surface area contributed by atoms with Gasteiger partial charge in [0.25, 0.3) is 0 Å². The van der Waals surface area contributed by atoms with E-state index in [1.807, 2.05) is 0 Å². The average Bonchev–Trinajstić information content (AvgIpc) is 2.55. The average molecular weight is 321 g/mol. The molecule has 0 spiro atoms. The Morgan fingerprint density at radius 3 is 2.43 bits per heavy atom. The van der Waals surface area contributed by atoms with Crippen LogP contribution in [0.3, 0.4) is 0 Å². The van der Waals surface area contributed by atoms with Gasteiger partial charge < -0.3 is 20.5 Å². The molecule has 2 aromatic carbocycles. The maximum absolute atomic E-state index is 13.0. The molecule has 0 amide bonds. The number of nitrogens with two attached hydrogens (primary N) is 1.